The van der Waals surface area contributed by atoms with Gasteiger partial charge >= 0.3 is 17.9 Å². The minimum absolute atomic E-state index is 0.118. The van der Waals surface area contributed by atoms with Crippen LogP contribution in [0.2, 0.25) is 0 Å². The molecule has 0 spiro atoms. The van der Waals surface area contributed by atoms with Crippen LogP contribution in [0.1, 0.15) is 20.8 Å². The Morgan fingerprint density at radius 2 is 1.50 bits per heavy atom. The van der Waals surface area contributed by atoms with Crippen LogP contribution < -0.4 is 0 Å². The highest BCUT2D eigenvalue weighted by atomic mass is 32.1. The van der Waals surface area contributed by atoms with Gasteiger partial charge in [-0.3, -0.25) is 14.4 Å². The molecule has 1 rings (SSSR count). The molecule has 0 bridgehead atoms. The van der Waals surface area contributed by atoms with Gasteiger partial charge in [0.2, 0.25) is 0 Å². The summed E-state index contributed by atoms with van der Waals surface area (Å²) in [7, 11) is 0. The van der Waals surface area contributed by atoms with E-state index in [1.54, 1.807) is 0 Å². The Morgan fingerprint density at radius 3 is 1.96 bits per heavy atom. The number of carbonyl (C=O) groups excluding carboxylic acids is 3. The summed E-state index contributed by atoms with van der Waals surface area (Å²) in [6.45, 7) is 7.25. The van der Waals surface area contributed by atoms with E-state index >= 15 is 0 Å². The number of thiol groups is 1. The van der Waals surface area contributed by atoms with Crippen LogP contribution in [0.4, 0.5) is 0 Å². The van der Waals surface area contributed by atoms with Crippen molar-refractivity contribution in [1.82, 2.24) is 0 Å². The normalized spacial score (nSPS) is 29.4. The molecule has 0 saturated carbocycles. The van der Waals surface area contributed by atoms with Crippen LogP contribution in [0.3, 0.4) is 0 Å². The second-order valence-corrected chi connectivity index (χ2v) is 5.43. The van der Waals surface area contributed by atoms with Gasteiger partial charge in [0.15, 0.2) is 24.6 Å². The van der Waals surface area contributed by atoms with E-state index < -0.39 is 48.6 Å². The van der Waals surface area contributed by atoms with E-state index in [4.69, 9.17) is 23.7 Å². The maximum Gasteiger partial charge on any atom is 0.303 e. The van der Waals surface area contributed by atoms with Gasteiger partial charge in [-0.25, -0.2) is 0 Å². The molecular formula is C15H22O8S. The van der Waals surface area contributed by atoms with Gasteiger partial charge in [0.25, 0.3) is 0 Å². The van der Waals surface area contributed by atoms with E-state index in [-0.39, 0.29) is 12.4 Å². The zero-order valence-corrected chi connectivity index (χ0v) is 14.7. The summed E-state index contributed by atoms with van der Waals surface area (Å²) in [6.07, 6.45) is -3.44. The molecule has 0 amide bonds. The van der Waals surface area contributed by atoms with E-state index in [0.717, 1.165) is 0 Å². The average Bonchev–Trinajstić information content (AvgIpc) is 2.48. The Hall–Kier alpha value is -1.58. The van der Waals surface area contributed by atoms with E-state index in [1.807, 2.05) is 0 Å². The molecule has 0 aliphatic carbocycles. The molecule has 1 heterocycles. The molecule has 24 heavy (non-hydrogen) atoms. The fraction of sp³-hybridized carbons (Fsp3) is 0.667. The van der Waals surface area contributed by atoms with Crippen molar-refractivity contribution in [2.24, 2.45) is 0 Å². The third-order valence-corrected chi connectivity index (χ3v) is 3.42. The standard InChI is InChI=1S/C15H22O8S/c1-5-6-19-15-14(22-10(4)18)13(21-9(3)17)12(20-8(2)16)11(7-24)23-15/h5,11-15,24H,1,6-7H2,2-4H3/t11-,12-,13+,14+,15+/m1/s1. The highest BCUT2D eigenvalue weighted by Crippen LogP contribution is 2.30. The first-order chi connectivity index (χ1) is 11.3. The molecule has 0 unspecified atom stereocenters. The molecule has 5 atom stereocenters. The van der Waals surface area contributed by atoms with Gasteiger partial charge in [-0.15, -0.1) is 6.58 Å². The lowest BCUT2D eigenvalue weighted by molar-refractivity contribution is -0.297. The molecule has 136 valence electrons. The molecule has 0 aromatic carbocycles. The number of hydrogen-bond donors (Lipinski definition) is 1. The zero-order valence-electron chi connectivity index (χ0n) is 13.8. The molecule has 1 aliphatic heterocycles. The molecule has 8 nitrogen and oxygen atoms in total. The first-order valence-electron chi connectivity index (χ1n) is 7.30. The van der Waals surface area contributed by atoms with Crippen molar-refractivity contribution < 1.29 is 38.1 Å². The summed E-state index contributed by atoms with van der Waals surface area (Å²) >= 11 is 4.17. The van der Waals surface area contributed by atoms with Gasteiger partial charge in [0.1, 0.15) is 6.10 Å². The summed E-state index contributed by atoms with van der Waals surface area (Å²) in [5.41, 5.74) is 0. The minimum Gasteiger partial charge on any atom is -0.456 e. The maximum atomic E-state index is 11.5. The van der Waals surface area contributed by atoms with Crippen LogP contribution in [0.25, 0.3) is 0 Å². The summed E-state index contributed by atoms with van der Waals surface area (Å²) in [5, 5.41) is 0. The van der Waals surface area contributed by atoms with Crippen LogP contribution in [-0.4, -0.2) is 61.0 Å². The van der Waals surface area contributed by atoms with E-state index in [0.29, 0.717) is 0 Å². The Labute approximate surface area is 145 Å². The summed E-state index contributed by atoms with van der Waals surface area (Å²) in [4.78, 5) is 34.3. The lowest BCUT2D eigenvalue weighted by Gasteiger charge is -2.43. The summed E-state index contributed by atoms with van der Waals surface area (Å²) in [6, 6.07) is 0. The topological polar surface area (TPSA) is 97.4 Å². The van der Waals surface area contributed by atoms with Crippen LogP contribution >= 0.6 is 12.6 Å². The van der Waals surface area contributed by atoms with Crippen LogP contribution in [0.15, 0.2) is 12.7 Å². The summed E-state index contributed by atoms with van der Waals surface area (Å²) in [5.74, 6) is -1.69. The van der Waals surface area contributed by atoms with Crippen molar-refractivity contribution >= 4 is 30.5 Å². The molecule has 1 saturated heterocycles. The zero-order chi connectivity index (χ0) is 18.3. The fourth-order valence-corrected chi connectivity index (χ4v) is 2.59. The number of carbonyl (C=O) groups is 3. The highest BCUT2D eigenvalue weighted by Gasteiger charge is 2.51. The van der Waals surface area contributed by atoms with Crippen molar-refractivity contribution in [2.45, 2.75) is 51.5 Å². The Balaban J connectivity index is 3.17. The Kier molecular flexibility index (Phi) is 8.23. The fourth-order valence-electron chi connectivity index (χ4n) is 2.30. The van der Waals surface area contributed by atoms with Gasteiger partial charge in [-0.2, -0.15) is 12.6 Å². The van der Waals surface area contributed by atoms with Gasteiger partial charge in [-0.1, -0.05) is 6.08 Å². The van der Waals surface area contributed by atoms with E-state index in [1.165, 1.54) is 26.8 Å². The van der Waals surface area contributed by atoms with Crippen molar-refractivity contribution in [2.75, 3.05) is 12.4 Å². The van der Waals surface area contributed by atoms with Crippen molar-refractivity contribution in [1.29, 1.82) is 0 Å². The first kappa shape index (κ1) is 20.5. The number of rotatable bonds is 7. The third kappa shape index (κ3) is 5.81. The average molecular weight is 362 g/mol. The van der Waals surface area contributed by atoms with Crippen molar-refractivity contribution in [3.8, 4) is 0 Å². The van der Waals surface area contributed by atoms with Crippen LogP contribution in [0.5, 0.6) is 0 Å². The summed E-state index contributed by atoms with van der Waals surface area (Å²) < 4.78 is 26.8. The smallest absolute Gasteiger partial charge is 0.303 e. The number of ether oxygens (including phenoxy) is 5. The SMILES string of the molecule is C=CCO[C@H]1O[C@H](CS)[C@@H](OC(C)=O)[C@H](OC(C)=O)[C@@H]1OC(C)=O. The Morgan fingerprint density at radius 1 is 1.00 bits per heavy atom. The lowest BCUT2D eigenvalue weighted by Crippen LogP contribution is -2.62. The van der Waals surface area contributed by atoms with Gasteiger partial charge in [0.05, 0.1) is 6.61 Å². The second kappa shape index (κ2) is 9.65. The minimum atomic E-state index is -1.10. The first-order valence-corrected chi connectivity index (χ1v) is 7.93. The third-order valence-electron chi connectivity index (χ3n) is 3.06. The molecule has 0 N–H and O–H groups in total. The van der Waals surface area contributed by atoms with Crippen molar-refractivity contribution in [3.63, 3.8) is 0 Å². The monoisotopic (exact) mass is 362 g/mol. The van der Waals surface area contributed by atoms with E-state index in [9.17, 15) is 14.4 Å². The predicted octanol–water partition coefficient (Wildman–Crippen LogP) is 0.639. The van der Waals surface area contributed by atoms with Gasteiger partial charge in [0, 0.05) is 26.5 Å². The predicted molar refractivity (Wildman–Crippen MR) is 85.3 cm³/mol. The second-order valence-electron chi connectivity index (χ2n) is 5.07. The van der Waals surface area contributed by atoms with Crippen LogP contribution in [-0.2, 0) is 38.1 Å². The molecule has 9 heteroatoms. The maximum absolute atomic E-state index is 11.5. The molecule has 0 aromatic heterocycles. The molecule has 1 fully saturated rings. The quantitative estimate of drug-likeness (QED) is 0.305. The van der Waals surface area contributed by atoms with Crippen LogP contribution in [0, 0.1) is 0 Å². The van der Waals surface area contributed by atoms with Crippen molar-refractivity contribution in [3.05, 3.63) is 12.7 Å². The Bertz CT molecular complexity index is 480. The van der Waals surface area contributed by atoms with E-state index in [2.05, 4.69) is 19.2 Å². The molecule has 1 aliphatic rings. The number of esters is 3. The largest absolute Gasteiger partial charge is 0.456 e. The molecule has 0 radical (unpaired) electrons. The number of hydrogen-bond acceptors (Lipinski definition) is 9. The van der Waals surface area contributed by atoms with Gasteiger partial charge in [-0.05, 0) is 0 Å². The lowest BCUT2D eigenvalue weighted by atomic mass is 9.98. The molecule has 0 aromatic rings. The van der Waals surface area contributed by atoms with Gasteiger partial charge < -0.3 is 23.7 Å². The highest BCUT2D eigenvalue weighted by molar-refractivity contribution is 7.80. The molecular weight excluding hydrogens is 340 g/mol.